The van der Waals surface area contributed by atoms with Crippen LogP contribution in [0.25, 0.3) is 6.08 Å². The van der Waals surface area contributed by atoms with E-state index in [-0.39, 0.29) is 6.04 Å². The van der Waals surface area contributed by atoms with Crippen LogP contribution in [0.3, 0.4) is 0 Å². The smallest absolute Gasteiger partial charge is 0.0933 e. The third-order valence-electron chi connectivity index (χ3n) is 3.08. The van der Waals surface area contributed by atoms with E-state index in [1.807, 2.05) is 36.4 Å². The van der Waals surface area contributed by atoms with Crippen LogP contribution in [0.5, 0.6) is 0 Å². The minimum absolute atomic E-state index is 0.221. The van der Waals surface area contributed by atoms with Crippen molar-refractivity contribution in [3.63, 3.8) is 0 Å². The van der Waals surface area contributed by atoms with Gasteiger partial charge in [-0.15, -0.1) is 0 Å². The van der Waals surface area contributed by atoms with E-state index in [4.69, 9.17) is 4.84 Å². The maximum absolute atomic E-state index is 5.56. The molecular formula is C18H21NO. The molecule has 1 N–H and O–H groups in total. The normalized spacial score (nSPS) is 12.7. The molecule has 2 aromatic rings. The van der Waals surface area contributed by atoms with Gasteiger partial charge in [-0.05, 0) is 17.5 Å². The van der Waals surface area contributed by atoms with Gasteiger partial charge in [0.15, 0.2) is 0 Å². The molecule has 0 amide bonds. The van der Waals surface area contributed by atoms with Crippen molar-refractivity contribution < 1.29 is 4.84 Å². The van der Waals surface area contributed by atoms with Gasteiger partial charge in [0.2, 0.25) is 0 Å². The molecule has 1 atom stereocenters. The van der Waals surface area contributed by atoms with Crippen LogP contribution >= 0.6 is 0 Å². The van der Waals surface area contributed by atoms with Gasteiger partial charge in [-0.2, -0.15) is 5.48 Å². The van der Waals surface area contributed by atoms with E-state index in [0.717, 1.165) is 6.42 Å². The predicted molar refractivity (Wildman–Crippen MR) is 83.9 cm³/mol. The van der Waals surface area contributed by atoms with Crippen molar-refractivity contribution in [2.24, 2.45) is 0 Å². The van der Waals surface area contributed by atoms with Crippen LogP contribution in [0, 0.1) is 0 Å². The zero-order valence-electron chi connectivity index (χ0n) is 11.8. The molecular weight excluding hydrogens is 246 g/mol. The molecule has 2 aromatic carbocycles. The standard InChI is InChI=1S/C18H21NO/c1-2-18(14-13-16-9-5-3-6-10-16)19-20-15-17-11-7-4-8-12-17/h3-14,18-19H,2,15H2,1H3/b14-13+. The molecule has 0 fully saturated rings. The molecule has 20 heavy (non-hydrogen) atoms. The first kappa shape index (κ1) is 14.5. The third-order valence-corrected chi connectivity index (χ3v) is 3.08. The summed E-state index contributed by atoms with van der Waals surface area (Å²) in [4.78, 5) is 5.56. The average Bonchev–Trinajstić information content (AvgIpc) is 2.52. The van der Waals surface area contributed by atoms with Gasteiger partial charge in [0.1, 0.15) is 0 Å². The molecule has 0 aromatic heterocycles. The van der Waals surface area contributed by atoms with Crippen molar-refractivity contribution in [1.29, 1.82) is 0 Å². The number of nitrogens with one attached hydrogen (secondary N) is 1. The topological polar surface area (TPSA) is 21.3 Å². The summed E-state index contributed by atoms with van der Waals surface area (Å²) >= 11 is 0. The number of hydroxylamine groups is 1. The first-order valence-electron chi connectivity index (χ1n) is 7.03. The highest BCUT2D eigenvalue weighted by Crippen LogP contribution is 2.05. The maximum atomic E-state index is 5.56. The lowest BCUT2D eigenvalue weighted by atomic mass is 10.1. The summed E-state index contributed by atoms with van der Waals surface area (Å²) in [5, 5.41) is 0. The first-order valence-corrected chi connectivity index (χ1v) is 7.03. The zero-order chi connectivity index (χ0) is 14.0. The Kier molecular flexibility index (Phi) is 6.03. The fraction of sp³-hybridized carbons (Fsp3) is 0.222. The van der Waals surface area contributed by atoms with Crippen LogP contribution in [-0.4, -0.2) is 6.04 Å². The van der Waals surface area contributed by atoms with E-state index >= 15 is 0 Å². The molecule has 0 bridgehead atoms. The van der Waals surface area contributed by atoms with Crippen molar-refractivity contribution in [1.82, 2.24) is 5.48 Å². The summed E-state index contributed by atoms with van der Waals surface area (Å²) in [7, 11) is 0. The second-order valence-electron chi connectivity index (χ2n) is 4.68. The van der Waals surface area contributed by atoms with Crippen molar-refractivity contribution in [2.75, 3.05) is 0 Å². The van der Waals surface area contributed by atoms with Crippen molar-refractivity contribution in [3.05, 3.63) is 77.9 Å². The summed E-state index contributed by atoms with van der Waals surface area (Å²) in [6, 6.07) is 20.7. The molecule has 104 valence electrons. The molecule has 0 aliphatic carbocycles. The largest absolute Gasteiger partial charge is 0.296 e. The lowest BCUT2D eigenvalue weighted by Crippen LogP contribution is -2.26. The monoisotopic (exact) mass is 267 g/mol. The molecule has 0 radical (unpaired) electrons. The molecule has 0 aliphatic heterocycles. The van der Waals surface area contributed by atoms with Gasteiger partial charge in [-0.1, -0.05) is 79.7 Å². The quantitative estimate of drug-likeness (QED) is 0.759. The summed E-state index contributed by atoms with van der Waals surface area (Å²) in [5.41, 5.74) is 5.47. The van der Waals surface area contributed by atoms with Crippen LogP contribution < -0.4 is 5.48 Å². The number of hydrogen-bond donors (Lipinski definition) is 1. The predicted octanol–water partition coefficient (Wildman–Crippen LogP) is 4.20. The highest BCUT2D eigenvalue weighted by atomic mass is 16.6. The fourth-order valence-electron chi connectivity index (χ4n) is 1.86. The SMILES string of the molecule is CCC(/C=C/c1ccccc1)NOCc1ccccc1. The minimum atomic E-state index is 0.221. The summed E-state index contributed by atoms with van der Waals surface area (Å²) in [6.07, 6.45) is 5.24. The molecule has 0 spiro atoms. The molecule has 0 saturated heterocycles. The summed E-state index contributed by atoms with van der Waals surface area (Å²) in [5.74, 6) is 0. The highest BCUT2D eigenvalue weighted by Gasteiger charge is 2.01. The van der Waals surface area contributed by atoms with E-state index in [9.17, 15) is 0 Å². The number of benzene rings is 2. The van der Waals surface area contributed by atoms with Crippen LogP contribution in [0.2, 0.25) is 0 Å². The van der Waals surface area contributed by atoms with Gasteiger partial charge in [0.05, 0.1) is 12.6 Å². The lowest BCUT2D eigenvalue weighted by molar-refractivity contribution is 0.0130. The first-order chi connectivity index (χ1) is 9.88. The second-order valence-corrected chi connectivity index (χ2v) is 4.68. The fourth-order valence-corrected chi connectivity index (χ4v) is 1.86. The molecule has 0 saturated carbocycles. The average molecular weight is 267 g/mol. The van der Waals surface area contributed by atoms with Crippen molar-refractivity contribution in [2.45, 2.75) is 26.0 Å². The van der Waals surface area contributed by atoms with Gasteiger partial charge in [0.25, 0.3) is 0 Å². The Balaban J connectivity index is 1.79. The van der Waals surface area contributed by atoms with Crippen LogP contribution in [0.1, 0.15) is 24.5 Å². The van der Waals surface area contributed by atoms with Gasteiger partial charge in [-0.25, -0.2) is 0 Å². The number of hydrogen-bond acceptors (Lipinski definition) is 2. The van der Waals surface area contributed by atoms with E-state index in [2.05, 4.69) is 48.8 Å². The molecule has 2 nitrogen and oxygen atoms in total. The van der Waals surface area contributed by atoms with Crippen LogP contribution in [0.4, 0.5) is 0 Å². The van der Waals surface area contributed by atoms with E-state index < -0.39 is 0 Å². The Morgan fingerprint density at radius 3 is 2.30 bits per heavy atom. The van der Waals surface area contributed by atoms with Crippen molar-refractivity contribution in [3.8, 4) is 0 Å². The van der Waals surface area contributed by atoms with Gasteiger partial charge in [-0.3, -0.25) is 4.84 Å². The number of rotatable bonds is 7. The Bertz CT molecular complexity index is 507. The van der Waals surface area contributed by atoms with Gasteiger partial charge >= 0.3 is 0 Å². The Morgan fingerprint density at radius 2 is 1.65 bits per heavy atom. The maximum Gasteiger partial charge on any atom is 0.0933 e. The van der Waals surface area contributed by atoms with Gasteiger partial charge in [0, 0.05) is 0 Å². The minimum Gasteiger partial charge on any atom is -0.296 e. The van der Waals surface area contributed by atoms with Crippen LogP contribution in [-0.2, 0) is 11.4 Å². The van der Waals surface area contributed by atoms with E-state index in [0.29, 0.717) is 6.61 Å². The summed E-state index contributed by atoms with van der Waals surface area (Å²) in [6.45, 7) is 2.72. The van der Waals surface area contributed by atoms with Crippen LogP contribution in [0.15, 0.2) is 66.7 Å². The molecule has 1 unspecified atom stereocenters. The molecule has 0 heterocycles. The molecule has 0 aliphatic rings. The lowest BCUT2D eigenvalue weighted by Gasteiger charge is -2.12. The second kappa shape index (κ2) is 8.31. The summed E-state index contributed by atoms with van der Waals surface area (Å²) < 4.78 is 0. The Labute approximate surface area is 121 Å². The highest BCUT2D eigenvalue weighted by molar-refractivity contribution is 5.49. The molecule has 2 rings (SSSR count). The van der Waals surface area contributed by atoms with E-state index in [1.165, 1.54) is 11.1 Å². The Hall–Kier alpha value is -1.90. The zero-order valence-corrected chi connectivity index (χ0v) is 11.8. The molecule has 2 heteroatoms. The van der Waals surface area contributed by atoms with Gasteiger partial charge < -0.3 is 0 Å². The van der Waals surface area contributed by atoms with Crippen molar-refractivity contribution >= 4 is 6.08 Å². The third kappa shape index (κ3) is 5.00. The van der Waals surface area contributed by atoms with E-state index in [1.54, 1.807) is 0 Å². The Morgan fingerprint density at radius 1 is 1.00 bits per heavy atom.